The average Bonchev–Trinajstić information content (AvgIpc) is 3.17. The number of nitrogens with one attached hydrogen (secondary N) is 2. The summed E-state index contributed by atoms with van der Waals surface area (Å²) in [6.07, 6.45) is 0. The van der Waals surface area contributed by atoms with Crippen molar-refractivity contribution in [1.29, 1.82) is 0 Å². The lowest BCUT2D eigenvalue weighted by Crippen LogP contribution is -2.87. The third kappa shape index (κ3) is 4.51. The first-order valence-corrected chi connectivity index (χ1v) is 12.8. The Labute approximate surface area is 249 Å². The van der Waals surface area contributed by atoms with E-state index >= 15 is 0 Å². The highest BCUT2D eigenvalue weighted by molar-refractivity contribution is 6.10. The van der Waals surface area contributed by atoms with Crippen molar-refractivity contribution in [2.45, 2.75) is 35.0 Å². The fraction of sp³-hybridized carbons (Fsp3) is 0.400. The molecule has 20 heteroatoms. The number of imide groups is 1. The first-order chi connectivity index (χ1) is 20.6. The molecule has 3 amide bonds. The van der Waals surface area contributed by atoms with Crippen molar-refractivity contribution in [3.05, 3.63) is 64.5 Å². The van der Waals surface area contributed by atoms with Gasteiger partial charge >= 0.3 is 5.79 Å². The van der Waals surface area contributed by atoms with Crippen LogP contribution in [-0.4, -0.2) is 127 Å². The van der Waals surface area contributed by atoms with Crippen molar-refractivity contribution >= 4 is 23.4 Å². The number of anilines is 1. The predicted octanol–water partition coefficient (Wildman–Crippen LogP) is -6.28. The number of morpholine rings is 1. The van der Waals surface area contributed by atoms with Crippen LogP contribution in [0.15, 0.2) is 36.4 Å². The second-order valence-corrected chi connectivity index (χ2v) is 10.5. The summed E-state index contributed by atoms with van der Waals surface area (Å²) in [4.78, 5) is 38.2. The van der Waals surface area contributed by atoms with E-state index in [2.05, 4.69) is 0 Å². The van der Waals surface area contributed by atoms with Gasteiger partial charge in [0.2, 0.25) is 0 Å². The largest absolute Gasteiger partial charge is 0.379 e. The zero-order chi connectivity index (χ0) is 33.5. The van der Waals surface area contributed by atoms with Gasteiger partial charge in [-0.2, -0.15) is 0 Å². The standard InChI is InChI=1S/C25H27FN4O15/c26-14-5-4-11(23(39,40)29-6-8-45-9-7-29)10-13(14)22(37,38)28-15-3-1-2-12-16(15)24(41,42)30(17(12)31)20(34)18(32)27-19(33)21(35,36)25(20,43)44/h1-5,10,28,34-44H,6-9H2,(H,27,32,33). The number of aliphatic hydroxyl groups is 11. The minimum absolute atomic E-state index is 0.0340. The van der Waals surface area contributed by atoms with E-state index in [1.807, 2.05) is 5.32 Å². The van der Waals surface area contributed by atoms with Crippen LogP contribution in [0.3, 0.4) is 0 Å². The maximum Gasteiger partial charge on any atom is 0.306 e. The summed E-state index contributed by atoms with van der Waals surface area (Å²) < 4.78 is 20.1. The number of fused-ring (bicyclic) bond motifs is 1. The van der Waals surface area contributed by atoms with Crippen molar-refractivity contribution in [2.24, 2.45) is 0 Å². The van der Waals surface area contributed by atoms with Gasteiger partial charge in [0.05, 0.1) is 29.9 Å². The predicted molar refractivity (Wildman–Crippen MR) is 136 cm³/mol. The Kier molecular flexibility index (Phi) is 7.35. The molecule has 0 saturated carbocycles. The molecule has 13 N–H and O–H groups in total. The molecule has 1 unspecified atom stereocenters. The Morgan fingerprint density at radius 1 is 0.889 bits per heavy atom. The first kappa shape index (κ1) is 32.6. The Hall–Kier alpha value is -3.74. The molecule has 3 aliphatic heterocycles. The van der Waals surface area contributed by atoms with Gasteiger partial charge in [-0.3, -0.25) is 19.7 Å². The summed E-state index contributed by atoms with van der Waals surface area (Å²) in [7, 11) is 0. The van der Waals surface area contributed by atoms with E-state index < -0.39 is 91.4 Å². The first-order valence-electron chi connectivity index (χ1n) is 12.8. The second kappa shape index (κ2) is 10.1. The Morgan fingerprint density at radius 3 is 2.13 bits per heavy atom. The molecule has 45 heavy (non-hydrogen) atoms. The highest BCUT2D eigenvalue weighted by atomic mass is 19.1. The fourth-order valence-electron chi connectivity index (χ4n) is 5.35. The summed E-state index contributed by atoms with van der Waals surface area (Å²) in [5.74, 6) is -27.0. The lowest BCUT2D eigenvalue weighted by molar-refractivity contribution is -0.433. The molecule has 5 rings (SSSR count). The van der Waals surface area contributed by atoms with Crippen molar-refractivity contribution in [3.63, 3.8) is 0 Å². The van der Waals surface area contributed by atoms with E-state index in [4.69, 9.17) is 4.74 Å². The van der Waals surface area contributed by atoms with Gasteiger partial charge in [-0.25, -0.2) is 14.2 Å². The van der Waals surface area contributed by atoms with Crippen LogP contribution in [0, 0.1) is 5.82 Å². The van der Waals surface area contributed by atoms with Gasteiger partial charge in [0, 0.05) is 24.3 Å². The maximum absolute atomic E-state index is 14.9. The minimum atomic E-state index is -4.72. The zero-order valence-corrected chi connectivity index (χ0v) is 22.6. The molecule has 3 aliphatic rings. The molecule has 2 aromatic rings. The van der Waals surface area contributed by atoms with Crippen LogP contribution >= 0.6 is 0 Å². The lowest BCUT2D eigenvalue weighted by Gasteiger charge is -2.51. The van der Waals surface area contributed by atoms with Crippen molar-refractivity contribution in [1.82, 2.24) is 15.1 Å². The molecule has 2 aromatic carbocycles. The van der Waals surface area contributed by atoms with Gasteiger partial charge in [-0.1, -0.05) is 6.07 Å². The molecule has 1 atom stereocenters. The van der Waals surface area contributed by atoms with Gasteiger partial charge in [0.1, 0.15) is 5.82 Å². The topological polar surface area (TPSA) is 314 Å². The van der Waals surface area contributed by atoms with Crippen LogP contribution in [0.4, 0.5) is 10.1 Å². The number of carbonyl (C=O) groups excluding carboxylic acids is 3. The number of piperidine rings is 1. The van der Waals surface area contributed by atoms with Crippen LogP contribution in [0.25, 0.3) is 0 Å². The minimum Gasteiger partial charge on any atom is -0.379 e. The van der Waals surface area contributed by atoms with E-state index in [1.165, 1.54) is 0 Å². The average molecular weight is 643 g/mol. The molecule has 244 valence electrons. The molecular formula is C25H27FN4O15. The van der Waals surface area contributed by atoms with Gasteiger partial charge in [-0.15, -0.1) is 0 Å². The zero-order valence-electron chi connectivity index (χ0n) is 22.6. The highest BCUT2D eigenvalue weighted by Crippen LogP contribution is 2.49. The number of benzene rings is 2. The van der Waals surface area contributed by atoms with Gasteiger partial charge in [-0.05, 0) is 30.3 Å². The summed E-state index contributed by atoms with van der Waals surface area (Å²) in [5, 5.41) is 120. The summed E-state index contributed by atoms with van der Waals surface area (Å²) in [6, 6.07) is 4.92. The van der Waals surface area contributed by atoms with Crippen LogP contribution < -0.4 is 10.6 Å². The number of rotatable bonds is 6. The van der Waals surface area contributed by atoms with Gasteiger partial charge in [0.25, 0.3) is 47.0 Å². The summed E-state index contributed by atoms with van der Waals surface area (Å²) in [5.41, 5.74) is -8.76. The van der Waals surface area contributed by atoms with E-state index in [-0.39, 0.29) is 26.3 Å². The summed E-state index contributed by atoms with van der Waals surface area (Å²) in [6.45, 7) is 0.317. The normalized spacial score (nSPS) is 24.8. The molecule has 0 bridgehead atoms. The lowest BCUT2D eigenvalue weighted by atomic mass is 9.86. The molecule has 3 heterocycles. The quantitative estimate of drug-likeness (QED) is 0.103. The number of halogens is 1. The van der Waals surface area contributed by atoms with Crippen molar-refractivity contribution in [3.8, 4) is 0 Å². The Bertz CT molecular complexity index is 1590. The molecule has 0 spiro atoms. The number of ether oxygens (including phenoxy) is 1. The van der Waals surface area contributed by atoms with E-state index in [0.29, 0.717) is 12.1 Å². The molecule has 19 nitrogen and oxygen atoms in total. The summed E-state index contributed by atoms with van der Waals surface area (Å²) >= 11 is 0. The van der Waals surface area contributed by atoms with Crippen molar-refractivity contribution in [2.75, 3.05) is 31.6 Å². The molecule has 0 aliphatic carbocycles. The van der Waals surface area contributed by atoms with Crippen LogP contribution in [0.2, 0.25) is 0 Å². The molecule has 0 radical (unpaired) electrons. The third-order valence-corrected chi connectivity index (χ3v) is 7.79. The van der Waals surface area contributed by atoms with Crippen molar-refractivity contribution < 1.29 is 79.7 Å². The van der Waals surface area contributed by atoms with Crippen LogP contribution in [0.1, 0.15) is 27.0 Å². The monoisotopic (exact) mass is 642 g/mol. The number of amides is 3. The van der Waals surface area contributed by atoms with E-state index in [0.717, 1.165) is 34.5 Å². The van der Waals surface area contributed by atoms with E-state index in [1.54, 1.807) is 0 Å². The maximum atomic E-state index is 14.9. The Balaban J connectivity index is 1.56. The smallest absolute Gasteiger partial charge is 0.306 e. The highest BCUT2D eigenvalue weighted by Gasteiger charge is 2.79. The Morgan fingerprint density at radius 2 is 1.51 bits per heavy atom. The third-order valence-electron chi connectivity index (χ3n) is 7.79. The number of nitrogens with zero attached hydrogens (tertiary/aromatic N) is 2. The van der Waals surface area contributed by atoms with Crippen LogP contribution in [-0.2, 0) is 32.1 Å². The molecule has 0 aromatic heterocycles. The van der Waals surface area contributed by atoms with E-state index in [9.17, 15) is 74.9 Å². The number of carbonyl (C=O) groups is 3. The fourth-order valence-corrected chi connectivity index (χ4v) is 5.35. The second-order valence-electron chi connectivity index (χ2n) is 10.5. The molecule has 2 fully saturated rings. The van der Waals surface area contributed by atoms with Crippen LogP contribution in [0.5, 0.6) is 0 Å². The van der Waals surface area contributed by atoms with Gasteiger partial charge in [0.15, 0.2) is 0 Å². The molecular weight excluding hydrogens is 615 g/mol. The number of hydrogen-bond donors (Lipinski definition) is 13. The number of hydrogen-bond acceptors (Lipinski definition) is 17. The molecule has 2 saturated heterocycles. The van der Waals surface area contributed by atoms with Gasteiger partial charge < -0.3 is 66.2 Å². The SMILES string of the molecule is O=C1c2cccc(NC(O)(O)c3cc(C(O)(O)N4CCOCC4)ccc3F)c2C(O)(O)N1C1(O)C(=O)NC(=O)C(O)(O)C1(O)O.